The number of hydrogen-bond acceptors (Lipinski definition) is 2. The van der Waals surface area contributed by atoms with Crippen LogP contribution in [0.2, 0.25) is 10.0 Å². The fourth-order valence-corrected chi connectivity index (χ4v) is 3.41. The molecule has 0 aliphatic carbocycles. The lowest BCUT2D eigenvalue weighted by molar-refractivity contribution is -0.686. The van der Waals surface area contributed by atoms with Gasteiger partial charge in [-0.3, -0.25) is 0 Å². The van der Waals surface area contributed by atoms with Gasteiger partial charge in [-0.25, -0.2) is 0 Å². The van der Waals surface area contributed by atoms with Crippen molar-refractivity contribution in [3.05, 3.63) is 93.0 Å². The van der Waals surface area contributed by atoms with Crippen molar-refractivity contribution in [1.82, 2.24) is 0 Å². The highest BCUT2D eigenvalue weighted by atomic mass is 35.5. The number of nitrogens with two attached hydrogens (primary N) is 1. The van der Waals surface area contributed by atoms with E-state index in [1.54, 1.807) is 19.2 Å². The van der Waals surface area contributed by atoms with Crippen molar-refractivity contribution in [2.24, 2.45) is 0 Å². The molecule has 0 saturated heterocycles. The number of benzene rings is 3. The second kappa shape index (κ2) is 9.83. The first-order valence-electron chi connectivity index (χ1n) is 9.16. The van der Waals surface area contributed by atoms with Crippen LogP contribution in [-0.2, 0) is 19.7 Å². The van der Waals surface area contributed by atoms with Gasteiger partial charge in [0.05, 0.1) is 7.11 Å². The Morgan fingerprint density at radius 2 is 1.46 bits per heavy atom. The first-order valence-corrected chi connectivity index (χ1v) is 9.92. The second-order valence-electron chi connectivity index (χ2n) is 6.66. The van der Waals surface area contributed by atoms with E-state index in [4.69, 9.17) is 32.7 Å². The number of hydrogen-bond donors (Lipinski definition) is 1. The summed E-state index contributed by atoms with van der Waals surface area (Å²) in [5.41, 5.74) is 4.53. The topological polar surface area (TPSA) is 35.1 Å². The van der Waals surface area contributed by atoms with Crippen molar-refractivity contribution in [1.29, 1.82) is 0 Å². The van der Waals surface area contributed by atoms with Gasteiger partial charge >= 0.3 is 0 Å². The minimum absolute atomic E-state index is 0.285. The zero-order valence-electron chi connectivity index (χ0n) is 16.0. The fourth-order valence-electron chi connectivity index (χ4n) is 2.91. The number of aryl methyl sites for hydroxylation is 1. The number of quaternary nitrogens is 1. The van der Waals surface area contributed by atoms with E-state index in [2.05, 4.69) is 42.6 Å². The summed E-state index contributed by atoms with van der Waals surface area (Å²) in [5, 5.41) is 3.45. The summed E-state index contributed by atoms with van der Waals surface area (Å²) in [5.74, 6) is 1.37. The molecule has 5 heteroatoms. The minimum Gasteiger partial charge on any atom is -0.493 e. The van der Waals surface area contributed by atoms with Crippen LogP contribution >= 0.6 is 23.2 Å². The Balaban J connectivity index is 1.61. The van der Waals surface area contributed by atoms with Crippen LogP contribution in [0.25, 0.3) is 0 Å². The molecular formula is C23H24Cl2NO2+. The van der Waals surface area contributed by atoms with E-state index in [-0.39, 0.29) is 6.61 Å². The molecule has 0 aromatic heterocycles. The lowest BCUT2D eigenvalue weighted by Crippen LogP contribution is -2.80. The van der Waals surface area contributed by atoms with Gasteiger partial charge in [0.25, 0.3) is 0 Å². The van der Waals surface area contributed by atoms with Crippen LogP contribution in [0.15, 0.2) is 60.7 Å². The zero-order chi connectivity index (χ0) is 19.9. The Bertz CT molecular complexity index is 906. The molecule has 3 aromatic rings. The van der Waals surface area contributed by atoms with Crippen LogP contribution in [0.5, 0.6) is 11.5 Å². The van der Waals surface area contributed by atoms with Crippen molar-refractivity contribution < 1.29 is 14.8 Å². The summed E-state index contributed by atoms with van der Waals surface area (Å²) >= 11 is 12.4. The monoisotopic (exact) mass is 416 g/mol. The molecule has 0 saturated carbocycles. The molecule has 3 rings (SSSR count). The Morgan fingerprint density at radius 1 is 0.821 bits per heavy atom. The first-order chi connectivity index (χ1) is 13.6. The maximum absolute atomic E-state index is 6.21. The molecule has 28 heavy (non-hydrogen) atoms. The number of ether oxygens (including phenoxy) is 2. The predicted octanol–water partition coefficient (Wildman–Crippen LogP) is 5.15. The highest BCUT2D eigenvalue weighted by Gasteiger charge is 2.10. The van der Waals surface area contributed by atoms with Crippen molar-refractivity contribution in [2.45, 2.75) is 26.6 Å². The normalized spacial score (nSPS) is 10.7. The summed E-state index contributed by atoms with van der Waals surface area (Å²) in [6.45, 7) is 4.18. The van der Waals surface area contributed by atoms with E-state index in [9.17, 15) is 0 Å². The van der Waals surface area contributed by atoms with Crippen LogP contribution in [0, 0.1) is 6.92 Å². The average molecular weight is 417 g/mol. The van der Waals surface area contributed by atoms with Crippen LogP contribution in [0.1, 0.15) is 22.3 Å². The quantitative estimate of drug-likeness (QED) is 0.550. The molecule has 0 unspecified atom stereocenters. The van der Waals surface area contributed by atoms with E-state index >= 15 is 0 Å². The van der Waals surface area contributed by atoms with Crippen molar-refractivity contribution in [3.63, 3.8) is 0 Å². The molecule has 0 fully saturated rings. The minimum atomic E-state index is 0.285. The highest BCUT2D eigenvalue weighted by Crippen LogP contribution is 2.31. The van der Waals surface area contributed by atoms with E-state index in [1.807, 2.05) is 18.2 Å². The number of methoxy groups -OCH3 is 1. The molecule has 0 amide bonds. The van der Waals surface area contributed by atoms with Crippen molar-refractivity contribution >= 4 is 23.2 Å². The lowest BCUT2D eigenvalue weighted by Gasteiger charge is -2.13. The van der Waals surface area contributed by atoms with Gasteiger partial charge in [-0.1, -0.05) is 59.1 Å². The van der Waals surface area contributed by atoms with Gasteiger partial charge in [0.2, 0.25) is 0 Å². The summed E-state index contributed by atoms with van der Waals surface area (Å²) < 4.78 is 11.4. The lowest BCUT2D eigenvalue weighted by atomic mass is 10.1. The molecule has 0 aliphatic rings. The average Bonchev–Trinajstić information content (AvgIpc) is 2.69. The third-order valence-electron chi connectivity index (χ3n) is 4.54. The Labute approximate surface area is 176 Å². The summed E-state index contributed by atoms with van der Waals surface area (Å²) in [6.07, 6.45) is 0. The number of halogens is 2. The maximum Gasteiger partial charge on any atom is 0.161 e. The van der Waals surface area contributed by atoms with Crippen molar-refractivity contribution in [2.75, 3.05) is 7.11 Å². The molecule has 0 heterocycles. The summed E-state index contributed by atoms with van der Waals surface area (Å²) in [4.78, 5) is 0. The largest absolute Gasteiger partial charge is 0.493 e. The highest BCUT2D eigenvalue weighted by molar-refractivity contribution is 6.35. The van der Waals surface area contributed by atoms with Gasteiger partial charge in [-0.15, -0.1) is 0 Å². The van der Waals surface area contributed by atoms with Gasteiger partial charge < -0.3 is 14.8 Å². The van der Waals surface area contributed by atoms with Gasteiger partial charge in [0.15, 0.2) is 11.5 Å². The Hall–Kier alpha value is -2.20. The second-order valence-corrected chi connectivity index (χ2v) is 7.47. The Morgan fingerprint density at radius 3 is 2.14 bits per heavy atom. The smallest absolute Gasteiger partial charge is 0.161 e. The first kappa shape index (κ1) is 20.5. The third kappa shape index (κ3) is 5.41. The molecule has 3 nitrogen and oxygen atoms in total. The van der Waals surface area contributed by atoms with Crippen LogP contribution in [-0.4, -0.2) is 7.11 Å². The van der Waals surface area contributed by atoms with Crippen molar-refractivity contribution in [3.8, 4) is 11.5 Å². The van der Waals surface area contributed by atoms with Gasteiger partial charge in [-0.2, -0.15) is 0 Å². The molecule has 146 valence electrons. The molecule has 2 N–H and O–H groups in total. The Kier molecular flexibility index (Phi) is 7.21. The van der Waals surface area contributed by atoms with Crippen LogP contribution in [0.3, 0.4) is 0 Å². The SMILES string of the molecule is COc1cc(C[NH2+]Cc2ccc(C)cc2)ccc1OCc1c(Cl)cccc1Cl. The van der Waals surface area contributed by atoms with E-state index in [0.29, 0.717) is 21.5 Å². The summed E-state index contributed by atoms with van der Waals surface area (Å²) in [6, 6.07) is 20.0. The van der Waals surface area contributed by atoms with E-state index < -0.39 is 0 Å². The fraction of sp³-hybridized carbons (Fsp3) is 0.217. The maximum atomic E-state index is 6.21. The van der Waals surface area contributed by atoms with Crippen LogP contribution < -0.4 is 14.8 Å². The molecular weight excluding hydrogens is 393 g/mol. The van der Waals surface area contributed by atoms with Crippen LogP contribution in [0.4, 0.5) is 0 Å². The molecule has 0 aliphatic heterocycles. The molecule has 0 radical (unpaired) electrons. The van der Waals surface area contributed by atoms with E-state index in [0.717, 1.165) is 18.7 Å². The third-order valence-corrected chi connectivity index (χ3v) is 5.25. The molecule has 0 atom stereocenters. The standard InChI is InChI=1S/C23H23Cl2NO2/c1-16-6-8-17(9-7-16)13-26-14-18-10-11-22(23(12-18)27-2)28-15-19-20(24)4-3-5-21(19)25/h3-12,26H,13-15H2,1-2H3/p+1. The number of rotatable bonds is 8. The molecule has 3 aromatic carbocycles. The van der Waals surface area contributed by atoms with Gasteiger partial charge in [0, 0.05) is 26.7 Å². The zero-order valence-corrected chi connectivity index (χ0v) is 17.6. The van der Waals surface area contributed by atoms with Gasteiger partial charge in [0.1, 0.15) is 19.7 Å². The van der Waals surface area contributed by atoms with E-state index in [1.165, 1.54) is 16.7 Å². The predicted molar refractivity (Wildman–Crippen MR) is 114 cm³/mol. The summed E-state index contributed by atoms with van der Waals surface area (Å²) in [7, 11) is 1.64. The molecule has 0 spiro atoms. The van der Waals surface area contributed by atoms with Gasteiger partial charge in [-0.05, 0) is 37.3 Å². The molecule has 0 bridgehead atoms.